The molecule has 2 aromatic rings. The van der Waals surface area contributed by atoms with Gasteiger partial charge in [0, 0.05) is 42.6 Å². The molecule has 1 aliphatic carbocycles. The molecule has 2 aromatic carbocycles. The van der Waals surface area contributed by atoms with E-state index in [1.54, 1.807) is 18.2 Å². The molecule has 1 atom stereocenters. The van der Waals surface area contributed by atoms with Gasteiger partial charge < -0.3 is 14.9 Å². The van der Waals surface area contributed by atoms with Crippen molar-refractivity contribution in [3.8, 4) is 5.75 Å². The lowest BCUT2D eigenvalue weighted by Gasteiger charge is -2.44. The summed E-state index contributed by atoms with van der Waals surface area (Å²) in [4.78, 5) is 28.5. The molecule has 4 rings (SSSR count). The molecule has 0 radical (unpaired) electrons. The van der Waals surface area contributed by atoms with Crippen molar-refractivity contribution in [1.29, 1.82) is 0 Å². The average Bonchev–Trinajstić information content (AvgIpc) is 3.00. The number of ketones is 2. The number of phenolic OH excluding ortho intramolecular Hbond substituents is 1. The maximum Gasteiger partial charge on any atom is 0.168 e. The van der Waals surface area contributed by atoms with Crippen molar-refractivity contribution < 1.29 is 14.7 Å². The molecule has 1 aliphatic heterocycles. The summed E-state index contributed by atoms with van der Waals surface area (Å²) in [5.41, 5.74) is 2.53. The van der Waals surface area contributed by atoms with Crippen LogP contribution in [-0.2, 0) is 9.59 Å². The molecule has 0 aromatic heterocycles. The van der Waals surface area contributed by atoms with Gasteiger partial charge in [-0.25, -0.2) is 0 Å². The highest BCUT2D eigenvalue weighted by Crippen LogP contribution is 2.31. The Morgan fingerprint density at radius 1 is 0.923 bits per heavy atom. The molecular formula is C21H20N2O3. The van der Waals surface area contributed by atoms with E-state index in [0.29, 0.717) is 18.7 Å². The van der Waals surface area contributed by atoms with E-state index in [0.717, 1.165) is 17.9 Å². The van der Waals surface area contributed by atoms with Crippen molar-refractivity contribution in [3.63, 3.8) is 0 Å². The Morgan fingerprint density at radius 2 is 1.69 bits per heavy atom. The van der Waals surface area contributed by atoms with Crippen LogP contribution in [0.3, 0.4) is 0 Å². The second-order valence-electron chi connectivity index (χ2n) is 6.68. The predicted molar refractivity (Wildman–Crippen MR) is 101 cm³/mol. The number of anilines is 2. The number of carbonyl (C=O) groups is 2. The molecule has 0 spiro atoms. The Labute approximate surface area is 152 Å². The Hall–Kier alpha value is -3.08. The van der Waals surface area contributed by atoms with E-state index in [1.807, 2.05) is 24.3 Å². The fourth-order valence-corrected chi connectivity index (χ4v) is 3.75. The molecule has 2 aliphatic rings. The van der Waals surface area contributed by atoms with Gasteiger partial charge in [-0.1, -0.05) is 24.3 Å². The maximum absolute atomic E-state index is 12.4. The molecule has 1 fully saturated rings. The number of phenols is 1. The normalized spacial score (nSPS) is 20.5. The highest BCUT2D eigenvalue weighted by molar-refractivity contribution is 6.20. The summed E-state index contributed by atoms with van der Waals surface area (Å²) in [5.74, 6) is -0.0349. The van der Waals surface area contributed by atoms with Crippen molar-refractivity contribution in [2.24, 2.45) is 0 Å². The number of hydrogen-bond acceptors (Lipinski definition) is 5. The molecule has 26 heavy (non-hydrogen) atoms. The van der Waals surface area contributed by atoms with Gasteiger partial charge in [0.25, 0.3) is 0 Å². The summed E-state index contributed by atoms with van der Waals surface area (Å²) < 4.78 is 0. The van der Waals surface area contributed by atoms with Gasteiger partial charge in [-0.05, 0) is 30.3 Å². The molecule has 1 saturated heterocycles. The second-order valence-corrected chi connectivity index (χ2v) is 6.68. The highest BCUT2D eigenvalue weighted by Gasteiger charge is 2.36. The number of allylic oxidation sites excluding steroid dienone is 1. The first-order valence-corrected chi connectivity index (χ1v) is 8.75. The largest absolute Gasteiger partial charge is 0.508 e. The minimum atomic E-state index is -0.218. The zero-order valence-corrected chi connectivity index (χ0v) is 14.3. The van der Waals surface area contributed by atoms with Crippen LogP contribution in [-0.4, -0.2) is 42.3 Å². The fraction of sp³-hybridized carbons (Fsp3) is 0.238. The van der Waals surface area contributed by atoms with Crippen LogP contribution in [0.15, 0.2) is 66.2 Å². The number of aromatic hydroxyl groups is 1. The summed E-state index contributed by atoms with van der Waals surface area (Å²) in [6, 6.07) is 16.9. The quantitative estimate of drug-likeness (QED) is 0.864. The van der Waals surface area contributed by atoms with Crippen LogP contribution in [0.5, 0.6) is 5.75 Å². The molecule has 1 unspecified atom stereocenters. The van der Waals surface area contributed by atoms with Crippen LogP contribution in [0.1, 0.15) is 6.42 Å². The molecule has 132 valence electrons. The van der Waals surface area contributed by atoms with Gasteiger partial charge >= 0.3 is 0 Å². The first-order chi connectivity index (χ1) is 12.6. The lowest BCUT2D eigenvalue weighted by atomic mass is 9.99. The number of piperazine rings is 1. The molecule has 5 nitrogen and oxygen atoms in total. The van der Waals surface area contributed by atoms with Crippen molar-refractivity contribution in [2.45, 2.75) is 12.5 Å². The van der Waals surface area contributed by atoms with E-state index in [9.17, 15) is 14.7 Å². The first kappa shape index (κ1) is 16.4. The first-order valence-electron chi connectivity index (χ1n) is 8.75. The zero-order valence-electron chi connectivity index (χ0n) is 14.3. The SMILES string of the molecule is O=C1C=C(C2CN(c3ccccc3)CCN2c2cccc(O)c2)C(=O)C1. The number of carbonyl (C=O) groups excluding carboxylic acids is 2. The van der Waals surface area contributed by atoms with Gasteiger partial charge in [0.2, 0.25) is 0 Å². The Kier molecular flexibility index (Phi) is 4.21. The highest BCUT2D eigenvalue weighted by atomic mass is 16.3. The minimum absolute atomic E-state index is 0.0367. The van der Waals surface area contributed by atoms with Gasteiger partial charge in [0.1, 0.15) is 5.75 Å². The fourth-order valence-electron chi connectivity index (χ4n) is 3.75. The lowest BCUT2D eigenvalue weighted by Crippen LogP contribution is -2.55. The van der Waals surface area contributed by atoms with E-state index in [-0.39, 0.29) is 29.8 Å². The zero-order chi connectivity index (χ0) is 18.1. The van der Waals surface area contributed by atoms with Gasteiger partial charge in [-0.15, -0.1) is 0 Å². The molecule has 1 heterocycles. The third-order valence-corrected chi connectivity index (χ3v) is 5.00. The number of para-hydroxylation sites is 1. The van der Waals surface area contributed by atoms with Crippen LogP contribution < -0.4 is 9.80 Å². The van der Waals surface area contributed by atoms with Crippen molar-refractivity contribution in [2.75, 3.05) is 29.4 Å². The maximum atomic E-state index is 12.4. The number of rotatable bonds is 3. The van der Waals surface area contributed by atoms with E-state index >= 15 is 0 Å². The van der Waals surface area contributed by atoms with E-state index in [4.69, 9.17) is 0 Å². The third kappa shape index (κ3) is 3.08. The topological polar surface area (TPSA) is 60.9 Å². The van der Waals surface area contributed by atoms with Gasteiger partial charge in [-0.2, -0.15) is 0 Å². The summed E-state index contributed by atoms with van der Waals surface area (Å²) in [5, 5.41) is 9.85. The lowest BCUT2D eigenvalue weighted by molar-refractivity contribution is -0.120. The summed E-state index contributed by atoms with van der Waals surface area (Å²) >= 11 is 0. The van der Waals surface area contributed by atoms with Crippen LogP contribution in [0, 0.1) is 0 Å². The minimum Gasteiger partial charge on any atom is -0.508 e. The van der Waals surface area contributed by atoms with E-state index in [1.165, 1.54) is 6.08 Å². The Bertz CT molecular complexity index is 876. The molecule has 1 N–H and O–H groups in total. The van der Waals surface area contributed by atoms with Crippen LogP contribution in [0.4, 0.5) is 11.4 Å². The Balaban J connectivity index is 1.69. The average molecular weight is 348 g/mol. The summed E-state index contributed by atoms with van der Waals surface area (Å²) in [7, 11) is 0. The van der Waals surface area contributed by atoms with Gasteiger partial charge in [0.15, 0.2) is 11.6 Å². The monoisotopic (exact) mass is 348 g/mol. The second kappa shape index (κ2) is 6.67. The number of hydrogen-bond donors (Lipinski definition) is 1. The Morgan fingerprint density at radius 3 is 2.38 bits per heavy atom. The molecular weight excluding hydrogens is 328 g/mol. The smallest absolute Gasteiger partial charge is 0.168 e. The summed E-state index contributed by atoms with van der Waals surface area (Å²) in [6.07, 6.45) is 1.46. The van der Waals surface area contributed by atoms with Crippen molar-refractivity contribution in [3.05, 3.63) is 66.2 Å². The standard InChI is InChI=1S/C21H20N2O3/c24-17-8-4-7-16(11-17)23-10-9-22(15-5-2-1-3-6-15)14-20(23)19-12-18(25)13-21(19)26/h1-8,11-12,20,24H,9-10,13-14H2. The summed E-state index contributed by atoms with van der Waals surface area (Å²) in [6.45, 7) is 2.11. The van der Waals surface area contributed by atoms with Crippen LogP contribution in [0.25, 0.3) is 0 Å². The third-order valence-electron chi connectivity index (χ3n) is 5.00. The molecule has 0 saturated carbocycles. The molecule has 5 heteroatoms. The van der Waals surface area contributed by atoms with Crippen LogP contribution in [0.2, 0.25) is 0 Å². The van der Waals surface area contributed by atoms with Gasteiger partial charge in [-0.3, -0.25) is 9.59 Å². The van der Waals surface area contributed by atoms with Crippen LogP contribution >= 0.6 is 0 Å². The van der Waals surface area contributed by atoms with Crippen molar-refractivity contribution >= 4 is 22.9 Å². The molecule has 0 bridgehead atoms. The number of Topliss-reactive ketones (excluding diaryl/α,β-unsaturated/α-hetero) is 1. The number of nitrogens with zero attached hydrogens (tertiary/aromatic N) is 2. The van der Waals surface area contributed by atoms with Gasteiger partial charge in [0.05, 0.1) is 12.5 Å². The van der Waals surface area contributed by atoms with E-state index in [2.05, 4.69) is 21.9 Å². The number of benzene rings is 2. The van der Waals surface area contributed by atoms with Crippen molar-refractivity contribution in [1.82, 2.24) is 0 Å². The molecule has 0 amide bonds. The van der Waals surface area contributed by atoms with E-state index < -0.39 is 0 Å². The predicted octanol–water partition coefficient (Wildman–Crippen LogP) is 2.56.